The van der Waals surface area contributed by atoms with Gasteiger partial charge in [-0.2, -0.15) is 20.1 Å². The fourth-order valence-electron chi connectivity index (χ4n) is 1.97. The lowest BCUT2D eigenvalue weighted by Gasteiger charge is -2.26. The van der Waals surface area contributed by atoms with E-state index in [-0.39, 0.29) is 0 Å². The number of nitrogens with one attached hydrogen (secondary N) is 2. The minimum Gasteiger partial charge on any atom is -0.354 e. The van der Waals surface area contributed by atoms with Crippen LogP contribution in [0.5, 0.6) is 0 Å². The van der Waals surface area contributed by atoms with Crippen LogP contribution in [-0.4, -0.2) is 37.3 Å². The highest BCUT2D eigenvalue weighted by molar-refractivity contribution is 5.38. The van der Waals surface area contributed by atoms with Crippen molar-refractivity contribution in [2.45, 2.75) is 38.6 Å². The summed E-state index contributed by atoms with van der Waals surface area (Å²) in [6.07, 6.45) is 8.19. The highest BCUT2D eigenvalue weighted by Crippen LogP contribution is 2.22. The Kier molecular flexibility index (Phi) is 3.76. The number of rotatable bonds is 6. The normalized spacial score (nSPS) is 14.8. The predicted octanol–water partition coefficient (Wildman–Crippen LogP) is 1.84. The second-order valence-electron chi connectivity index (χ2n) is 4.93. The van der Waals surface area contributed by atoms with Gasteiger partial charge in [-0.25, -0.2) is 4.68 Å². The molecule has 7 nitrogen and oxygen atoms in total. The molecule has 0 spiro atoms. The molecule has 2 N–H and O–H groups in total. The van der Waals surface area contributed by atoms with E-state index in [0.29, 0.717) is 23.9 Å². The van der Waals surface area contributed by atoms with Gasteiger partial charge in [-0.1, -0.05) is 6.92 Å². The summed E-state index contributed by atoms with van der Waals surface area (Å²) in [6.45, 7) is 2.95. The monoisotopic (exact) mass is 273 g/mol. The van der Waals surface area contributed by atoms with E-state index >= 15 is 0 Å². The van der Waals surface area contributed by atoms with Gasteiger partial charge >= 0.3 is 0 Å². The van der Waals surface area contributed by atoms with Crippen molar-refractivity contribution in [2.24, 2.45) is 0 Å². The summed E-state index contributed by atoms with van der Waals surface area (Å²) < 4.78 is 1.64. The maximum atomic E-state index is 4.43. The second kappa shape index (κ2) is 5.85. The van der Waals surface area contributed by atoms with Crippen LogP contribution >= 0.6 is 0 Å². The van der Waals surface area contributed by atoms with Crippen molar-refractivity contribution in [1.82, 2.24) is 24.7 Å². The molecule has 1 saturated carbocycles. The first kappa shape index (κ1) is 12.8. The third kappa shape index (κ3) is 2.87. The van der Waals surface area contributed by atoms with Crippen molar-refractivity contribution in [3.8, 4) is 5.95 Å². The summed E-state index contributed by atoms with van der Waals surface area (Å²) in [5.41, 5.74) is 0. The van der Waals surface area contributed by atoms with Crippen molar-refractivity contribution in [2.75, 3.05) is 17.2 Å². The molecule has 0 saturated heterocycles. The largest absolute Gasteiger partial charge is 0.354 e. The van der Waals surface area contributed by atoms with Gasteiger partial charge in [0.2, 0.25) is 11.9 Å². The van der Waals surface area contributed by atoms with Crippen LogP contribution in [0.1, 0.15) is 32.6 Å². The zero-order chi connectivity index (χ0) is 13.8. The standard InChI is InChI=1S/C13H19N7/c1-2-7-14-11-17-12(16-10-5-3-6-10)19-13(18-11)20-9-4-8-15-20/h4,8-10H,2-3,5-7H2,1H3,(H2,14,16,17,18,19). The summed E-state index contributed by atoms with van der Waals surface area (Å²) in [5.74, 6) is 1.74. The van der Waals surface area contributed by atoms with Gasteiger partial charge in [-0.15, -0.1) is 0 Å². The fourth-order valence-corrected chi connectivity index (χ4v) is 1.97. The summed E-state index contributed by atoms with van der Waals surface area (Å²) in [4.78, 5) is 13.2. The number of anilines is 2. The van der Waals surface area contributed by atoms with Gasteiger partial charge in [0, 0.05) is 25.0 Å². The molecule has 1 fully saturated rings. The smallest absolute Gasteiger partial charge is 0.257 e. The van der Waals surface area contributed by atoms with Crippen molar-refractivity contribution in [1.29, 1.82) is 0 Å². The molecule has 0 bridgehead atoms. The fraction of sp³-hybridized carbons (Fsp3) is 0.538. The van der Waals surface area contributed by atoms with Crippen LogP contribution in [0.15, 0.2) is 18.5 Å². The molecule has 1 aliphatic rings. The SMILES string of the molecule is CCCNc1nc(NC2CCC2)nc(-n2cccn2)n1. The molecule has 3 rings (SSSR count). The summed E-state index contributed by atoms with van der Waals surface area (Å²) in [5, 5.41) is 10.7. The van der Waals surface area contributed by atoms with Gasteiger partial charge in [0.05, 0.1) is 0 Å². The van der Waals surface area contributed by atoms with Gasteiger partial charge in [-0.3, -0.25) is 0 Å². The quantitative estimate of drug-likeness (QED) is 0.836. The van der Waals surface area contributed by atoms with Crippen molar-refractivity contribution in [3.63, 3.8) is 0 Å². The van der Waals surface area contributed by atoms with E-state index in [2.05, 4.69) is 37.6 Å². The van der Waals surface area contributed by atoms with E-state index in [1.54, 1.807) is 10.9 Å². The molecule has 2 aromatic rings. The minimum absolute atomic E-state index is 0.488. The number of nitrogens with zero attached hydrogens (tertiary/aromatic N) is 5. The van der Waals surface area contributed by atoms with Gasteiger partial charge in [0.25, 0.3) is 5.95 Å². The molecule has 106 valence electrons. The molecule has 0 aromatic carbocycles. The van der Waals surface area contributed by atoms with Crippen LogP contribution < -0.4 is 10.6 Å². The lowest BCUT2D eigenvalue weighted by atomic mass is 9.93. The van der Waals surface area contributed by atoms with Gasteiger partial charge in [0.15, 0.2) is 0 Å². The Labute approximate surface area is 117 Å². The molecule has 7 heteroatoms. The van der Waals surface area contributed by atoms with E-state index in [1.807, 2.05) is 12.3 Å². The Morgan fingerprint density at radius 2 is 2.10 bits per heavy atom. The Morgan fingerprint density at radius 3 is 2.75 bits per heavy atom. The Bertz CT molecular complexity index is 548. The average molecular weight is 273 g/mol. The third-order valence-electron chi connectivity index (χ3n) is 3.30. The highest BCUT2D eigenvalue weighted by Gasteiger charge is 2.19. The first-order valence-electron chi connectivity index (χ1n) is 7.11. The van der Waals surface area contributed by atoms with Gasteiger partial charge in [0.1, 0.15) is 0 Å². The number of aromatic nitrogens is 5. The van der Waals surface area contributed by atoms with Crippen LogP contribution in [0.25, 0.3) is 5.95 Å². The molecule has 2 aromatic heterocycles. The van der Waals surface area contributed by atoms with E-state index in [1.165, 1.54) is 19.3 Å². The van der Waals surface area contributed by atoms with Crippen LogP contribution in [0.3, 0.4) is 0 Å². The van der Waals surface area contributed by atoms with Gasteiger partial charge < -0.3 is 10.6 Å². The maximum absolute atomic E-state index is 4.43. The average Bonchev–Trinajstić information content (AvgIpc) is 2.94. The maximum Gasteiger partial charge on any atom is 0.257 e. The zero-order valence-corrected chi connectivity index (χ0v) is 11.6. The van der Waals surface area contributed by atoms with Crippen LogP contribution in [0.2, 0.25) is 0 Å². The molecular weight excluding hydrogens is 254 g/mol. The number of hydrogen-bond donors (Lipinski definition) is 2. The third-order valence-corrected chi connectivity index (χ3v) is 3.30. The molecule has 0 unspecified atom stereocenters. The topological polar surface area (TPSA) is 80.5 Å². The van der Waals surface area contributed by atoms with Crippen molar-refractivity contribution < 1.29 is 0 Å². The second-order valence-corrected chi connectivity index (χ2v) is 4.93. The predicted molar refractivity (Wildman–Crippen MR) is 77.0 cm³/mol. The molecule has 2 heterocycles. The van der Waals surface area contributed by atoms with E-state index in [9.17, 15) is 0 Å². The lowest BCUT2D eigenvalue weighted by molar-refractivity contribution is 0.443. The van der Waals surface area contributed by atoms with Crippen LogP contribution in [0, 0.1) is 0 Å². The number of hydrogen-bond acceptors (Lipinski definition) is 6. The summed E-state index contributed by atoms with van der Waals surface area (Å²) in [7, 11) is 0. The van der Waals surface area contributed by atoms with Crippen LogP contribution in [0.4, 0.5) is 11.9 Å². The van der Waals surface area contributed by atoms with Crippen molar-refractivity contribution >= 4 is 11.9 Å². The molecule has 0 amide bonds. The molecular formula is C13H19N7. The van der Waals surface area contributed by atoms with Gasteiger partial charge in [-0.05, 0) is 31.7 Å². The minimum atomic E-state index is 0.488. The van der Waals surface area contributed by atoms with E-state index in [4.69, 9.17) is 0 Å². The Morgan fingerprint density at radius 1 is 1.25 bits per heavy atom. The summed E-state index contributed by atoms with van der Waals surface area (Å²) in [6, 6.07) is 2.34. The molecule has 0 radical (unpaired) electrons. The first-order valence-corrected chi connectivity index (χ1v) is 7.11. The Hall–Kier alpha value is -2.18. The molecule has 20 heavy (non-hydrogen) atoms. The Balaban J connectivity index is 1.85. The van der Waals surface area contributed by atoms with E-state index in [0.717, 1.165) is 13.0 Å². The van der Waals surface area contributed by atoms with Crippen molar-refractivity contribution in [3.05, 3.63) is 18.5 Å². The highest BCUT2D eigenvalue weighted by atomic mass is 15.4. The first-order chi connectivity index (χ1) is 9.85. The van der Waals surface area contributed by atoms with Crippen LogP contribution in [-0.2, 0) is 0 Å². The van der Waals surface area contributed by atoms with E-state index < -0.39 is 0 Å². The molecule has 0 atom stereocenters. The zero-order valence-electron chi connectivity index (χ0n) is 11.6. The lowest BCUT2D eigenvalue weighted by Crippen LogP contribution is -2.28. The molecule has 0 aliphatic heterocycles. The summed E-state index contributed by atoms with van der Waals surface area (Å²) >= 11 is 0. The molecule has 1 aliphatic carbocycles.